The summed E-state index contributed by atoms with van der Waals surface area (Å²) in [6.45, 7) is 0. The van der Waals surface area contributed by atoms with E-state index < -0.39 is 10.1 Å². The zero-order chi connectivity index (χ0) is 20.0. The van der Waals surface area contributed by atoms with E-state index in [9.17, 15) is 8.42 Å². The van der Waals surface area contributed by atoms with Crippen LogP contribution in [0.3, 0.4) is 0 Å². The Balaban J connectivity index is 0.000000187. The quantitative estimate of drug-likeness (QED) is 0.308. The Kier molecular flexibility index (Phi) is 6.49. The van der Waals surface area contributed by atoms with Gasteiger partial charge in [-0.1, -0.05) is 48.5 Å². The van der Waals surface area contributed by atoms with Crippen molar-refractivity contribution >= 4 is 31.7 Å². The molecule has 28 heavy (non-hydrogen) atoms. The number of hydrogen-bond donors (Lipinski definition) is 1. The number of rotatable bonds is 0. The van der Waals surface area contributed by atoms with Crippen molar-refractivity contribution < 1.29 is 17.4 Å². The second-order valence-electron chi connectivity index (χ2n) is 6.82. The summed E-state index contributed by atoms with van der Waals surface area (Å²) in [6.07, 6.45) is 9.18. The van der Waals surface area contributed by atoms with Crippen molar-refractivity contribution in [3.63, 3.8) is 0 Å². The highest BCUT2D eigenvalue weighted by molar-refractivity contribution is 7.85. The number of benzene rings is 3. The maximum Gasteiger partial charge on any atom is 0.261 e. The third-order valence-electron chi connectivity index (χ3n) is 4.68. The highest BCUT2D eigenvalue weighted by Crippen LogP contribution is 2.33. The molecule has 4 nitrogen and oxygen atoms in total. The molecule has 0 aliphatic heterocycles. The van der Waals surface area contributed by atoms with Gasteiger partial charge in [-0.15, -0.1) is 0 Å². The first-order chi connectivity index (χ1) is 13.4. The molecule has 3 aromatic carbocycles. The van der Waals surface area contributed by atoms with E-state index in [4.69, 9.17) is 4.55 Å². The minimum absolute atomic E-state index is 0.715. The minimum Gasteiger partial charge on any atom is -0.473 e. The standard InChI is InChI=1S/C18H16.C4H4O.CH4O3S/c1-3-7-15-13(5-1)9-11-18-16-8-4-2-6-14(16)10-12-17(15)18;1-2-4-5-3-1;1-5(2,3)4/h1,3,5,7,9-12H,2,4,6,8H2;1-4H;1H3,(H,2,3,4). The molecule has 1 aliphatic rings. The molecule has 0 atom stereocenters. The fraction of sp³-hybridized carbons (Fsp3) is 0.217. The Labute approximate surface area is 165 Å². The van der Waals surface area contributed by atoms with E-state index in [0.29, 0.717) is 6.26 Å². The van der Waals surface area contributed by atoms with E-state index in [2.05, 4.69) is 52.9 Å². The zero-order valence-electron chi connectivity index (χ0n) is 15.8. The molecule has 5 rings (SSSR count). The highest BCUT2D eigenvalue weighted by atomic mass is 32.2. The van der Waals surface area contributed by atoms with Crippen molar-refractivity contribution in [2.24, 2.45) is 0 Å². The second kappa shape index (κ2) is 9.04. The van der Waals surface area contributed by atoms with Crippen molar-refractivity contribution in [3.8, 4) is 0 Å². The van der Waals surface area contributed by atoms with Crippen LogP contribution in [-0.4, -0.2) is 19.2 Å². The summed E-state index contributed by atoms with van der Waals surface area (Å²) in [7, 11) is -3.67. The molecule has 146 valence electrons. The normalized spacial score (nSPS) is 13.1. The monoisotopic (exact) mass is 396 g/mol. The lowest BCUT2D eigenvalue weighted by molar-refractivity contribution is 0.490. The highest BCUT2D eigenvalue weighted by Gasteiger charge is 2.13. The number of aryl methyl sites for hydroxylation is 2. The third-order valence-corrected chi connectivity index (χ3v) is 4.68. The molecule has 1 aliphatic carbocycles. The summed E-state index contributed by atoms with van der Waals surface area (Å²) in [4.78, 5) is 0. The predicted octanol–water partition coefficient (Wildman–Crippen LogP) is 5.66. The average molecular weight is 397 g/mol. The van der Waals surface area contributed by atoms with Crippen LogP contribution in [0.2, 0.25) is 0 Å². The largest absolute Gasteiger partial charge is 0.473 e. The van der Waals surface area contributed by atoms with Crippen LogP contribution >= 0.6 is 0 Å². The Morgan fingerprint density at radius 3 is 2.11 bits per heavy atom. The van der Waals surface area contributed by atoms with Gasteiger partial charge >= 0.3 is 0 Å². The van der Waals surface area contributed by atoms with Crippen LogP contribution in [-0.2, 0) is 23.0 Å². The SMILES string of the molecule is CS(=O)(=O)O.c1ccc2c(c1)ccc1c3c(ccc12)CCCC3.c1ccoc1. The number of hydrogen-bond acceptors (Lipinski definition) is 3. The van der Waals surface area contributed by atoms with E-state index in [1.165, 1.54) is 47.2 Å². The van der Waals surface area contributed by atoms with Crippen molar-refractivity contribution in [1.29, 1.82) is 0 Å². The molecule has 4 aromatic rings. The van der Waals surface area contributed by atoms with E-state index in [1.807, 2.05) is 12.1 Å². The van der Waals surface area contributed by atoms with Crippen molar-refractivity contribution in [2.75, 3.05) is 6.26 Å². The van der Waals surface area contributed by atoms with Gasteiger partial charge in [-0.05, 0) is 70.5 Å². The molecule has 1 N–H and O–H groups in total. The van der Waals surface area contributed by atoms with Crippen LogP contribution in [0, 0.1) is 0 Å². The molecular weight excluding hydrogens is 372 g/mol. The third kappa shape index (κ3) is 5.44. The summed E-state index contributed by atoms with van der Waals surface area (Å²) < 4.78 is 30.5. The van der Waals surface area contributed by atoms with Crippen molar-refractivity contribution in [1.82, 2.24) is 0 Å². The predicted molar refractivity (Wildman–Crippen MR) is 114 cm³/mol. The van der Waals surface area contributed by atoms with Crippen molar-refractivity contribution in [3.05, 3.63) is 84.3 Å². The van der Waals surface area contributed by atoms with Crippen LogP contribution in [0.4, 0.5) is 0 Å². The fourth-order valence-corrected chi connectivity index (χ4v) is 3.57. The van der Waals surface area contributed by atoms with Crippen molar-refractivity contribution in [2.45, 2.75) is 25.7 Å². The molecule has 1 heterocycles. The molecule has 0 fully saturated rings. The van der Waals surface area contributed by atoms with E-state index >= 15 is 0 Å². The summed E-state index contributed by atoms with van der Waals surface area (Å²) in [5, 5.41) is 5.64. The number of fused-ring (bicyclic) bond motifs is 5. The Morgan fingerprint density at radius 2 is 1.43 bits per heavy atom. The minimum atomic E-state index is -3.67. The molecule has 0 saturated heterocycles. The summed E-state index contributed by atoms with van der Waals surface area (Å²) in [6, 6.07) is 21.6. The van der Waals surface area contributed by atoms with Gasteiger partial charge < -0.3 is 4.42 Å². The van der Waals surface area contributed by atoms with Crippen LogP contribution in [0.1, 0.15) is 24.0 Å². The first-order valence-electron chi connectivity index (χ1n) is 9.25. The lowest BCUT2D eigenvalue weighted by atomic mass is 9.86. The lowest BCUT2D eigenvalue weighted by Gasteiger charge is -2.18. The summed E-state index contributed by atoms with van der Waals surface area (Å²) in [5.74, 6) is 0. The molecule has 1 aromatic heterocycles. The lowest BCUT2D eigenvalue weighted by Crippen LogP contribution is -2.02. The van der Waals surface area contributed by atoms with Gasteiger partial charge in [0.15, 0.2) is 0 Å². The first-order valence-corrected chi connectivity index (χ1v) is 11.1. The fourth-order valence-electron chi connectivity index (χ4n) is 3.57. The van der Waals surface area contributed by atoms with Gasteiger partial charge in [-0.3, -0.25) is 4.55 Å². The first kappa shape index (κ1) is 20.1. The second-order valence-corrected chi connectivity index (χ2v) is 8.28. The molecule has 0 bridgehead atoms. The average Bonchev–Trinajstić information content (AvgIpc) is 3.26. The smallest absolute Gasteiger partial charge is 0.261 e. The maximum atomic E-state index is 9.19. The molecular formula is C23H24O4S. The molecule has 0 spiro atoms. The summed E-state index contributed by atoms with van der Waals surface area (Å²) >= 11 is 0. The van der Waals surface area contributed by atoms with Crippen LogP contribution in [0.5, 0.6) is 0 Å². The zero-order valence-corrected chi connectivity index (χ0v) is 16.7. The molecule has 0 saturated carbocycles. The van der Waals surface area contributed by atoms with Crippen LogP contribution in [0.25, 0.3) is 21.5 Å². The Hall–Kier alpha value is -2.63. The van der Waals surface area contributed by atoms with Gasteiger partial charge in [0.25, 0.3) is 10.1 Å². The van der Waals surface area contributed by atoms with Crippen LogP contribution in [0.15, 0.2) is 77.6 Å². The van der Waals surface area contributed by atoms with E-state index in [-0.39, 0.29) is 0 Å². The molecule has 0 radical (unpaired) electrons. The van der Waals surface area contributed by atoms with Gasteiger partial charge in [0, 0.05) is 0 Å². The molecule has 0 unspecified atom stereocenters. The van der Waals surface area contributed by atoms with Gasteiger partial charge in [-0.2, -0.15) is 8.42 Å². The van der Waals surface area contributed by atoms with Gasteiger partial charge in [0.2, 0.25) is 0 Å². The topological polar surface area (TPSA) is 67.5 Å². The van der Waals surface area contributed by atoms with Gasteiger partial charge in [-0.25, -0.2) is 0 Å². The van der Waals surface area contributed by atoms with Gasteiger partial charge in [0.05, 0.1) is 18.8 Å². The van der Waals surface area contributed by atoms with Crippen LogP contribution < -0.4 is 0 Å². The molecule has 0 amide bonds. The Bertz CT molecular complexity index is 1120. The summed E-state index contributed by atoms with van der Waals surface area (Å²) in [5.41, 5.74) is 3.17. The van der Waals surface area contributed by atoms with E-state index in [0.717, 1.165) is 0 Å². The molecule has 5 heteroatoms. The van der Waals surface area contributed by atoms with E-state index in [1.54, 1.807) is 23.7 Å². The Morgan fingerprint density at radius 1 is 0.786 bits per heavy atom. The number of furan rings is 1. The van der Waals surface area contributed by atoms with Gasteiger partial charge in [0.1, 0.15) is 0 Å². The maximum absolute atomic E-state index is 9.19.